The molecule has 0 aliphatic heterocycles. The van der Waals surface area contributed by atoms with Crippen LogP contribution in [0.5, 0.6) is 0 Å². The van der Waals surface area contributed by atoms with Crippen LogP contribution >= 0.6 is 22.7 Å². The molecule has 0 radical (unpaired) electrons. The lowest BCUT2D eigenvalue weighted by Crippen LogP contribution is -2.13. The maximum Gasteiger partial charge on any atom is 0.306 e. The molecular weight excluding hydrogens is 296 g/mol. The first-order valence-electron chi connectivity index (χ1n) is 6.11. The standard InChI is InChI=1S/C12H12N4O2S2/c1-7(12(17)18)2-4-16-11(13-14-15-16)10-6-9-8(20-10)3-5-19-9/h3,5-7H,2,4H2,1H3,(H,17,18). The van der Waals surface area contributed by atoms with Gasteiger partial charge in [0.1, 0.15) is 0 Å². The summed E-state index contributed by atoms with van der Waals surface area (Å²) in [6.45, 7) is 2.19. The fourth-order valence-corrected chi connectivity index (χ4v) is 3.94. The molecule has 0 saturated carbocycles. The van der Waals surface area contributed by atoms with E-state index < -0.39 is 11.9 Å². The Labute approximate surface area is 122 Å². The molecule has 3 aromatic rings. The van der Waals surface area contributed by atoms with E-state index in [0.717, 1.165) is 4.88 Å². The van der Waals surface area contributed by atoms with Gasteiger partial charge in [0.25, 0.3) is 0 Å². The summed E-state index contributed by atoms with van der Waals surface area (Å²) in [6.07, 6.45) is 0.507. The number of carboxylic acid groups (broad SMARTS) is 1. The number of aromatic nitrogens is 4. The number of aryl methyl sites for hydroxylation is 1. The Morgan fingerprint density at radius 3 is 3.10 bits per heavy atom. The average Bonchev–Trinajstić information content (AvgIpc) is 3.09. The van der Waals surface area contributed by atoms with Gasteiger partial charge in [-0.2, -0.15) is 0 Å². The first kappa shape index (κ1) is 13.2. The van der Waals surface area contributed by atoms with Crippen molar-refractivity contribution >= 4 is 38.0 Å². The summed E-state index contributed by atoms with van der Waals surface area (Å²) in [6, 6.07) is 4.16. The topological polar surface area (TPSA) is 80.9 Å². The van der Waals surface area contributed by atoms with Crippen molar-refractivity contribution in [3.05, 3.63) is 17.5 Å². The molecule has 0 aliphatic rings. The summed E-state index contributed by atoms with van der Waals surface area (Å²) in [5, 5.41) is 22.7. The number of carbonyl (C=O) groups is 1. The molecular formula is C12H12N4O2S2. The van der Waals surface area contributed by atoms with Crippen molar-refractivity contribution in [1.82, 2.24) is 20.2 Å². The second kappa shape index (κ2) is 5.29. The molecule has 8 heteroatoms. The van der Waals surface area contributed by atoms with Crippen LogP contribution in [0, 0.1) is 5.92 Å². The van der Waals surface area contributed by atoms with Gasteiger partial charge in [-0.3, -0.25) is 4.79 Å². The van der Waals surface area contributed by atoms with Gasteiger partial charge >= 0.3 is 5.97 Å². The summed E-state index contributed by atoms with van der Waals surface area (Å²) in [7, 11) is 0. The number of tetrazole rings is 1. The number of hydrogen-bond acceptors (Lipinski definition) is 6. The maximum atomic E-state index is 10.8. The lowest BCUT2D eigenvalue weighted by atomic mass is 10.1. The van der Waals surface area contributed by atoms with Crippen molar-refractivity contribution in [2.45, 2.75) is 19.9 Å². The third-order valence-electron chi connectivity index (χ3n) is 3.09. The summed E-state index contributed by atoms with van der Waals surface area (Å²) in [5.74, 6) is -0.494. The molecule has 3 heterocycles. The molecule has 0 spiro atoms. The van der Waals surface area contributed by atoms with Gasteiger partial charge in [-0.1, -0.05) is 6.92 Å². The molecule has 6 nitrogen and oxygen atoms in total. The van der Waals surface area contributed by atoms with Crippen LogP contribution in [-0.4, -0.2) is 31.3 Å². The van der Waals surface area contributed by atoms with E-state index in [0.29, 0.717) is 18.8 Å². The van der Waals surface area contributed by atoms with Crippen LogP contribution in [0.1, 0.15) is 13.3 Å². The van der Waals surface area contributed by atoms with E-state index in [-0.39, 0.29) is 0 Å². The van der Waals surface area contributed by atoms with Crippen molar-refractivity contribution in [2.24, 2.45) is 5.92 Å². The van der Waals surface area contributed by atoms with Gasteiger partial charge < -0.3 is 5.11 Å². The molecule has 0 aliphatic carbocycles. The molecule has 1 unspecified atom stereocenters. The van der Waals surface area contributed by atoms with Gasteiger partial charge in [0, 0.05) is 15.9 Å². The summed E-state index contributed by atoms with van der Waals surface area (Å²) < 4.78 is 4.12. The largest absolute Gasteiger partial charge is 0.481 e. The highest BCUT2D eigenvalue weighted by molar-refractivity contribution is 7.28. The van der Waals surface area contributed by atoms with E-state index in [1.54, 1.807) is 34.3 Å². The molecule has 1 N–H and O–H groups in total. The second-order valence-electron chi connectivity index (χ2n) is 4.51. The lowest BCUT2D eigenvalue weighted by Gasteiger charge is -2.06. The van der Waals surface area contributed by atoms with Crippen molar-refractivity contribution in [3.8, 4) is 10.7 Å². The highest BCUT2D eigenvalue weighted by Crippen LogP contribution is 2.35. The van der Waals surface area contributed by atoms with E-state index in [1.165, 1.54) is 9.40 Å². The quantitative estimate of drug-likeness (QED) is 0.784. The number of hydrogen-bond donors (Lipinski definition) is 1. The molecule has 0 amide bonds. The zero-order valence-electron chi connectivity index (χ0n) is 10.7. The average molecular weight is 308 g/mol. The normalized spacial score (nSPS) is 12.8. The summed E-state index contributed by atoms with van der Waals surface area (Å²) in [4.78, 5) is 11.9. The van der Waals surface area contributed by atoms with Crippen LogP contribution < -0.4 is 0 Å². The number of aliphatic carboxylic acids is 1. The molecule has 0 bridgehead atoms. The smallest absolute Gasteiger partial charge is 0.306 e. The Hall–Kier alpha value is -1.80. The van der Waals surface area contributed by atoms with E-state index in [9.17, 15) is 4.79 Å². The Balaban J connectivity index is 1.82. The summed E-state index contributed by atoms with van der Waals surface area (Å²) in [5.41, 5.74) is 0. The van der Waals surface area contributed by atoms with Crippen LogP contribution in [-0.2, 0) is 11.3 Å². The monoisotopic (exact) mass is 308 g/mol. The lowest BCUT2D eigenvalue weighted by molar-refractivity contribution is -0.141. The van der Waals surface area contributed by atoms with Crippen LogP contribution in [0.25, 0.3) is 20.1 Å². The highest BCUT2D eigenvalue weighted by Gasteiger charge is 2.16. The zero-order valence-corrected chi connectivity index (χ0v) is 12.3. The van der Waals surface area contributed by atoms with Gasteiger partial charge in [-0.15, -0.1) is 27.8 Å². The van der Waals surface area contributed by atoms with Crippen molar-refractivity contribution in [1.29, 1.82) is 0 Å². The number of thiophene rings is 2. The first-order chi connectivity index (χ1) is 9.65. The molecule has 0 aromatic carbocycles. The van der Waals surface area contributed by atoms with E-state index in [4.69, 9.17) is 5.11 Å². The third kappa shape index (κ3) is 2.44. The van der Waals surface area contributed by atoms with Gasteiger partial charge in [0.15, 0.2) is 5.82 Å². The van der Waals surface area contributed by atoms with E-state index in [1.807, 2.05) is 0 Å². The molecule has 0 fully saturated rings. The minimum Gasteiger partial charge on any atom is -0.481 e. The van der Waals surface area contributed by atoms with Crippen molar-refractivity contribution in [2.75, 3.05) is 0 Å². The molecule has 104 valence electrons. The van der Waals surface area contributed by atoms with E-state index >= 15 is 0 Å². The van der Waals surface area contributed by atoms with Crippen LogP contribution in [0.4, 0.5) is 0 Å². The zero-order chi connectivity index (χ0) is 14.1. The van der Waals surface area contributed by atoms with Gasteiger partial charge in [0.05, 0.1) is 10.8 Å². The number of rotatable bonds is 5. The molecule has 3 aromatic heterocycles. The molecule has 0 saturated heterocycles. The number of fused-ring (bicyclic) bond motifs is 1. The Morgan fingerprint density at radius 2 is 2.35 bits per heavy atom. The second-order valence-corrected chi connectivity index (χ2v) is 6.54. The van der Waals surface area contributed by atoms with Gasteiger partial charge in [-0.25, -0.2) is 4.68 Å². The number of nitrogens with zero attached hydrogens (tertiary/aromatic N) is 4. The Morgan fingerprint density at radius 1 is 1.50 bits per heavy atom. The van der Waals surface area contributed by atoms with Gasteiger partial charge in [0.2, 0.25) is 0 Å². The summed E-state index contributed by atoms with van der Waals surface area (Å²) >= 11 is 3.34. The van der Waals surface area contributed by atoms with Crippen LogP contribution in [0.3, 0.4) is 0 Å². The fraction of sp³-hybridized carbons (Fsp3) is 0.333. The van der Waals surface area contributed by atoms with Crippen molar-refractivity contribution in [3.63, 3.8) is 0 Å². The van der Waals surface area contributed by atoms with Crippen molar-refractivity contribution < 1.29 is 9.90 Å². The molecule has 20 heavy (non-hydrogen) atoms. The predicted molar refractivity (Wildman–Crippen MR) is 77.9 cm³/mol. The maximum absolute atomic E-state index is 10.8. The van der Waals surface area contributed by atoms with Crippen LogP contribution in [0.15, 0.2) is 17.5 Å². The molecule has 3 rings (SSSR count). The minimum absolute atomic E-state index is 0.404. The fourth-order valence-electron chi connectivity index (χ4n) is 1.85. The highest BCUT2D eigenvalue weighted by atomic mass is 32.1. The minimum atomic E-state index is -0.795. The third-order valence-corrected chi connectivity index (χ3v) is 5.18. The Kier molecular flexibility index (Phi) is 3.49. The first-order valence-corrected chi connectivity index (χ1v) is 7.81. The molecule has 1 atom stereocenters. The van der Waals surface area contributed by atoms with Gasteiger partial charge in [-0.05, 0) is 34.4 Å². The Bertz CT molecular complexity index is 717. The van der Waals surface area contributed by atoms with E-state index in [2.05, 4.69) is 33.0 Å². The predicted octanol–water partition coefficient (Wildman–Crippen LogP) is 2.73. The van der Waals surface area contributed by atoms with Crippen LogP contribution in [0.2, 0.25) is 0 Å². The number of carboxylic acids is 1. The SMILES string of the molecule is CC(CCn1nnnc1-c1cc2sccc2s1)C(=O)O.